The van der Waals surface area contributed by atoms with Crippen LogP contribution in [0.2, 0.25) is 0 Å². The second-order valence-electron chi connectivity index (χ2n) is 11.4. The first-order valence-electron chi connectivity index (χ1n) is 15.0. The molecule has 1 heterocycles. The molecule has 2 nitrogen and oxygen atoms in total. The molecule has 44 heavy (non-hydrogen) atoms. The summed E-state index contributed by atoms with van der Waals surface area (Å²) in [5.74, 6) is 0. The van der Waals surface area contributed by atoms with Crippen molar-refractivity contribution in [3.8, 4) is 11.1 Å². The van der Waals surface area contributed by atoms with E-state index < -0.39 is 0 Å². The fourth-order valence-corrected chi connectivity index (χ4v) is 6.78. The maximum atomic E-state index is 6.13. The second kappa shape index (κ2) is 9.86. The van der Waals surface area contributed by atoms with Crippen molar-refractivity contribution in [3.63, 3.8) is 0 Å². The Kier molecular flexibility index (Phi) is 5.54. The summed E-state index contributed by atoms with van der Waals surface area (Å²) in [6.45, 7) is 0. The van der Waals surface area contributed by atoms with Gasteiger partial charge in [0.2, 0.25) is 0 Å². The van der Waals surface area contributed by atoms with E-state index in [1.54, 1.807) is 0 Å². The molecule has 0 aliphatic rings. The number of hydrogen-bond acceptors (Lipinski definition) is 2. The van der Waals surface area contributed by atoms with Crippen LogP contribution in [0.3, 0.4) is 0 Å². The summed E-state index contributed by atoms with van der Waals surface area (Å²) < 4.78 is 6.13. The quantitative estimate of drug-likeness (QED) is 0.199. The summed E-state index contributed by atoms with van der Waals surface area (Å²) in [5.41, 5.74) is 7.54. The third-order valence-electron chi connectivity index (χ3n) is 8.82. The fraction of sp³-hybridized carbons (Fsp3) is 0. The Hall–Kier alpha value is -5.86. The molecule has 2 heteroatoms. The summed E-state index contributed by atoms with van der Waals surface area (Å²) >= 11 is 0. The molecule has 0 atom stereocenters. The van der Waals surface area contributed by atoms with Crippen molar-refractivity contribution in [3.05, 3.63) is 164 Å². The molecule has 0 aliphatic carbocycles. The van der Waals surface area contributed by atoms with Crippen LogP contribution in [0.25, 0.3) is 65.4 Å². The molecule has 9 aromatic rings. The van der Waals surface area contributed by atoms with E-state index in [2.05, 4.69) is 157 Å². The smallest absolute Gasteiger partial charge is 0.135 e. The molecule has 9 rings (SSSR count). The predicted octanol–water partition coefficient (Wildman–Crippen LogP) is 12.2. The van der Waals surface area contributed by atoms with E-state index in [9.17, 15) is 0 Å². The highest BCUT2D eigenvalue weighted by atomic mass is 16.3. The summed E-state index contributed by atoms with van der Waals surface area (Å²) in [7, 11) is 0. The standard InChI is InChI=1S/C42H27NO/c1-2-11-31(12-3-1)43(33-24-25-41-39(27-33)36-15-8-9-17-40(36)44-41)32-22-20-29(21-23-32)38-26-30-19-18-28-10-4-5-13-34(28)42(30)37-16-7-6-14-35(37)38/h1-27H. The lowest BCUT2D eigenvalue weighted by atomic mass is 9.91. The molecule has 0 fully saturated rings. The van der Waals surface area contributed by atoms with Crippen LogP contribution in [-0.4, -0.2) is 0 Å². The van der Waals surface area contributed by atoms with E-state index in [-0.39, 0.29) is 0 Å². The third kappa shape index (κ3) is 3.89. The zero-order chi connectivity index (χ0) is 29.0. The van der Waals surface area contributed by atoms with Gasteiger partial charge >= 0.3 is 0 Å². The van der Waals surface area contributed by atoms with Gasteiger partial charge in [0.15, 0.2) is 0 Å². The molecule has 0 bridgehead atoms. The normalized spacial score (nSPS) is 11.6. The SMILES string of the molecule is c1ccc(N(c2ccc(-c3cc4ccc5ccccc5c4c4ccccc34)cc2)c2ccc3oc4ccccc4c3c2)cc1. The van der Waals surface area contributed by atoms with E-state index >= 15 is 0 Å². The van der Waals surface area contributed by atoms with Gasteiger partial charge in [-0.3, -0.25) is 0 Å². The van der Waals surface area contributed by atoms with Gasteiger partial charge in [-0.2, -0.15) is 0 Å². The first-order chi connectivity index (χ1) is 21.8. The molecule has 0 amide bonds. The van der Waals surface area contributed by atoms with Gasteiger partial charge in [-0.15, -0.1) is 0 Å². The zero-order valence-electron chi connectivity index (χ0n) is 23.9. The maximum Gasteiger partial charge on any atom is 0.135 e. The number of benzene rings is 8. The molecular weight excluding hydrogens is 534 g/mol. The van der Waals surface area contributed by atoms with Gasteiger partial charge in [0.25, 0.3) is 0 Å². The minimum absolute atomic E-state index is 0.897. The maximum absolute atomic E-state index is 6.13. The number of nitrogens with zero attached hydrogens (tertiary/aromatic N) is 1. The molecule has 0 aliphatic heterocycles. The predicted molar refractivity (Wildman–Crippen MR) is 186 cm³/mol. The monoisotopic (exact) mass is 561 g/mol. The lowest BCUT2D eigenvalue weighted by Crippen LogP contribution is -2.09. The third-order valence-corrected chi connectivity index (χ3v) is 8.82. The van der Waals surface area contributed by atoms with Crippen LogP contribution in [0, 0.1) is 0 Å². The van der Waals surface area contributed by atoms with E-state index in [0.717, 1.165) is 39.0 Å². The topological polar surface area (TPSA) is 16.4 Å². The number of rotatable bonds is 4. The number of para-hydroxylation sites is 2. The lowest BCUT2D eigenvalue weighted by Gasteiger charge is -2.26. The first kappa shape index (κ1) is 24.7. The molecular formula is C42H27NO. The molecule has 0 saturated carbocycles. The van der Waals surface area contributed by atoms with E-state index in [4.69, 9.17) is 4.42 Å². The Morgan fingerprint density at radius 1 is 0.364 bits per heavy atom. The van der Waals surface area contributed by atoms with Gasteiger partial charge in [-0.05, 0) is 98.0 Å². The largest absolute Gasteiger partial charge is 0.456 e. The Morgan fingerprint density at radius 2 is 0.977 bits per heavy atom. The first-order valence-corrected chi connectivity index (χ1v) is 15.0. The van der Waals surface area contributed by atoms with Gasteiger partial charge in [-0.1, -0.05) is 109 Å². The highest BCUT2D eigenvalue weighted by molar-refractivity contribution is 6.23. The van der Waals surface area contributed by atoms with Crippen molar-refractivity contribution in [2.24, 2.45) is 0 Å². The molecule has 0 N–H and O–H groups in total. The Morgan fingerprint density at radius 3 is 1.82 bits per heavy atom. The van der Waals surface area contributed by atoms with Crippen molar-refractivity contribution < 1.29 is 4.42 Å². The minimum Gasteiger partial charge on any atom is -0.456 e. The number of anilines is 3. The molecule has 0 saturated heterocycles. The summed E-state index contributed by atoms with van der Waals surface area (Å²) in [6, 6.07) is 58.6. The highest BCUT2D eigenvalue weighted by Gasteiger charge is 2.16. The Bertz CT molecular complexity index is 2490. The van der Waals surface area contributed by atoms with Crippen LogP contribution in [0.1, 0.15) is 0 Å². The van der Waals surface area contributed by atoms with Gasteiger partial charge in [0.05, 0.1) is 0 Å². The van der Waals surface area contributed by atoms with Crippen molar-refractivity contribution in [2.45, 2.75) is 0 Å². The summed E-state index contributed by atoms with van der Waals surface area (Å²) in [6.07, 6.45) is 0. The van der Waals surface area contributed by atoms with Crippen LogP contribution in [0.15, 0.2) is 168 Å². The molecule has 0 unspecified atom stereocenters. The van der Waals surface area contributed by atoms with E-state index in [0.29, 0.717) is 0 Å². The summed E-state index contributed by atoms with van der Waals surface area (Å²) in [4.78, 5) is 2.32. The fourth-order valence-electron chi connectivity index (χ4n) is 6.78. The van der Waals surface area contributed by atoms with Gasteiger partial charge < -0.3 is 9.32 Å². The van der Waals surface area contributed by atoms with Crippen molar-refractivity contribution in [1.29, 1.82) is 0 Å². The van der Waals surface area contributed by atoms with Gasteiger partial charge in [0, 0.05) is 27.8 Å². The van der Waals surface area contributed by atoms with Crippen molar-refractivity contribution in [2.75, 3.05) is 4.90 Å². The molecule has 8 aromatic carbocycles. The lowest BCUT2D eigenvalue weighted by molar-refractivity contribution is 0.669. The highest BCUT2D eigenvalue weighted by Crippen LogP contribution is 2.41. The van der Waals surface area contributed by atoms with Crippen LogP contribution >= 0.6 is 0 Å². The number of fused-ring (bicyclic) bond motifs is 8. The van der Waals surface area contributed by atoms with Gasteiger partial charge in [0.1, 0.15) is 11.2 Å². The van der Waals surface area contributed by atoms with Gasteiger partial charge in [-0.25, -0.2) is 0 Å². The molecule has 0 radical (unpaired) electrons. The van der Waals surface area contributed by atoms with Crippen LogP contribution in [0.4, 0.5) is 17.1 Å². The van der Waals surface area contributed by atoms with Crippen LogP contribution in [0.5, 0.6) is 0 Å². The minimum atomic E-state index is 0.897. The van der Waals surface area contributed by atoms with Crippen molar-refractivity contribution in [1.82, 2.24) is 0 Å². The summed E-state index contributed by atoms with van der Waals surface area (Å²) in [5, 5.41) is 9.93. The molecule has 1 aromatic heterocycles. The average molecular weight is 562 g/mol. The molecule has 206 valence electrons. The van der Waals surface area contributed by atoms with Crippen LogP contribution in [-0.2, 0) is 0 Å². The van der Waals surface area contributed by atoms with Crippen LogP contribution < -0.4 is 4.90 Å². The number of hydrogen-bond donors (Lipinski definition) is 0. The average Bonchev–Trinajstić information content (AvgIpc) is 3.47. The van der Waals surface area contributed by atoms with E-state index in [1.165, 1.54) is 43.4 Å². The number of furan rings is 1. The second-order valence-corrected chi connectivity index (χ2v) is 11.4. The Labute approximate surface area is 255 Å². The Balaban J connectivity index is 1.20. The zero-order valence-corrected chi connectivity index (χ0v) is 23.9. The van der Waals surface area contributed by atoms with Crippen molar-refractivity contribution >= 4 is 71.3 Å². The molecule has 0 spiro atoms. The van der Waals surface area contributed by atoms with E-state index in [1.807, 2.05) is 12.1 Å².